The standard InChI is InChI=1S/C13H9F2N3O3/c14-8-4-6-9(7-5-8)16-17-13(19)12-10(15)2-1-3-11(12)18(20)21/h1-7,16H,(H,17,19). The first-order valence-corrected chi connectivity index (χ1v) is 5.74. The molecule has 0 heterocycles. The lowest BCUT2D eigenvalue weighted by molar-refractivity contribution is -0.385. The van der Waals surface area contributed by atoms with Crippen LogP contribution in [0.3, 0.4) is 0 Å². The highest BCUT2D eigenvalue weighted by molar-refractivity contribution is 5.98. The number of halogens is 2. The summed E-state index contributed by atoms with van der Waals surface area (Å²) in [6.07, 6.45) is 0. The molecular formula is C13H9F2N3O3. The predicted octanol–water partition coefficient (Wildman–Crippen LogP) is 2.63. The van der Waals surface area contributed by atoms with E-state index in [1.807, 2.05) is 0 Å². The summed E-state index contributed by atoms with van der Waals surface area (Å²) in [6, 6.07) is 8.09. The lowest BCUT2D eigenvalue weighted by Crippen LogP contribution is -2.30. The molecule has 0 unspecified atom stereocenters. The van der Waals surface area contributed by atoms with Gasteiger partial charge in [-0.1, -0.05) is 6.07 Å². The summed E-state index contributed by atoms with van der Waals surface area (Å²) in [4.78, 5) is 21.8. The van der Waals surface area contributed by atoms with Crippen molar-refractivity contribution in [1.82, 2.24) is 5.43 Å². The summed E-state index contributed by atoms with van der Waals surface area (Å²) >= 11 is 0. The third-order valence-electron chi connectivity index (χ3n) is 2.58. The molecule has 108 valence electrons. The zero-order chi connectivity index (χ0) is 15.4. The van der Waals surface area contributed by atoms with Crippen molar-refractivity contribution >= 4 is 17.3 Å². The van der Waals surface area contributed by atoms with Gasteiger partial charge >= 0.3 is 0 Å². The van der Waals surface area contributed by atoms with Crippen molar-refractivity contribution in [3.63, 3.8) is 0 Å². The van der Waals surface area contributed by atoms with E-state index in [2.05, 4.69) is 10.9 Å². The number of nitro groups is 1. The van der Waals surface area contributed by atoms with Crippen molar-refractivity contribution in [2.45, 2.75) is 0 Å². The van der Waals surface area contributed by atoms with Crippen molar-refractivity contribution in [3.05, 3.63) is 69.8 Å². The van der Waals surface area contributed by atoms with Crippen LogP contribution in [-0.4, -0.2) is 10.8 Å². The molecule has 6 nitrogen and oxygen atoms in total. The van der Waals surface area contributed by atoms with Crippen molar-refractivity contribution < 1.29 is 18.5 Å². The predicted molar refractivity (Wildman–Crippen MR) is 70.5 cm³/mol. The Hall–Kier alpha value is -3.03. The van der Waals surface area contributed by atoms with E-state index in [1.165, 1.54) is 12.1 Å². The Bertz CT molecular complexity index is 690. The van der Waals surface area contributed by atoms with Crippen LogP contribution in [0.2, 0.25) is 0 Å². The fraction of sp³-hybridized carbons (Fsp3) is 0. The molecule has 0 radical (unpaired) electrons. The van der Waals surface area contributed by atoms with Crippen LogP contribution in [0.5, 0.6) is 0 Å². The highest BCUT2D eigenvalue weighted by atomic mass is 19.1. The number of hydrogen-bond acceptors (Lipinski definition) is 4. The number of rotatable bonds is 4. The number of amides is 1. The van der Waals surface area contributed by atoms with E-state index in [0.717, 1.165) is 30.3 Å². The molecule has 0 spiro atoms. The van der Waals surface area contributed by atoms with E-state index in [1.54, 1.807) is 0 Å². The topological polar surface area (TPSA) is 84.3 Å². The second-order valence-electron chi connectivity index (χ2n) is 3.98. The summed E-state index contributed by atoms with van der Waals surface area (Å²) in [5.74, 6) is -2.48. The minimum Gasteiger partial charge on any atom is -0.298 e. The van der Waals surface area contributed by atoms with Gasteiger partial charge in [0.05, 0.1) is 10.6 Å². The largest absolute Gasteiger partial charge is 0.298 e. The fourth-order valence-corrected chi connectivity index (χ4v) is 1.61. The van der Waals surface area contributed by atoms with Gasteiger partial charge in [-0.15, -0.1) is 0 Å². The van der Waals surface area contributed by atoms with Crippen LogP contribution in [-0.2, 0) is 0 Å². The molecule has 0 aliphatic carbocycles. The Morgan fingerprint density at radius 2 is 1.76 bits per heavy atom. The second kappa shape index (κ2) is 5.95. The number of nitrogens with zero attached hydrogens (tertiary/aromatic N) is 1. The third kappa shape index (κ3) is 3.30. The number of anilines is 1. The minimum absolute atomic E-state index is 0.337. The Morgan fingerprint density at radius 3 is 2.38 bits per heavy atom. The average molecular weight is 293 g/mol. The Kier molecular flexibility index (Phi) is 4.07. The SMILES string of the molecule is O=C(NNc1ccc(F)cc1)c1c(F)cccc1[N+](=O)[O-]. The molecule has 0 aromatic heterocycles. The Morgan fingerprint density at radius 1 is 1.10 bits per heavy atom. The number of hydrogen-bond donors (Lipinski definition) is 2. The van der Waals surface area contributed by atoms with Gasteiger partial charge < -0.3 is 0 Å². The molecule has 0 fully saturated rings. The molecule has 0 saturated carbocycles. The molecule has 0 saturated heterocycles. The molecule has 8 heteroatoms. The molecule has 0 atom stereocenters. The van der Waals surface area contributed by atoms with E-state index in [0.29, 0.717) is 5.69 Å². The van der Waals surface area contributed by atoms with Crippen molar-refractivity contribution in [2.75, 3.05) is 5.43 Å². The number of nitro benzene ring substituents is 1. The molecule has 2 aromatic rings. The number of benzene rings is 2. The van der Waals surface area contributed by atoms with Crippen LogP contribution in [0.1, 0.15) is 10.4 Å². The zero-order valence-corrected chi connectivity index (χ0v) is 10.5. The molecule has 2 N–H and O–H groups in total. The summed E-state index contributed by atoms with van der Waals surface area (Å²) < 4.78 is 26.3. The van der Waals surface area contributed by atoms with Crippen LogP contribution in [0.4, 0.5) is 20.2 Å². The van der Waals surface area contributed by atoms with E-state index in [4.69, 9.17) is 0 Å². The van der Waals surface area contributed by atoms with Crippen LogP contribution < -0.4 is 10.9 Å². The highest BCUT2D eigenvalue weighted by Crippen LogP contribution is 2.21. The van der Waals surface area contributed by atoms with Crippen molar-refractivity contribution in [3.8, 4) is 0 Å². The molecule has 0 aliphatic rings. The summed E-state index contributed by atoms with van der Waals surface area (Å²) in [7, 11) is 0. The normalized spacial score (nSPS) is 10.0. The molecule has 0 aliphatic heterocycles. The van der Waals surface area contributed by atoms with Crippen molar-refractivity contribution in [2.24, 2.45) is 0 Å². The zero-order valence-electron chi connectivity index (χ0n) is 10.5. The Labute approximate surface area is 117 Å². The monoisotopic (exact) mass is 293 g/mol. The van der Waals surface area contributed by atoms with Crippen LogP contribution in [0.15, 0.2) is 42.5 Å². The van der Waals surface area contributed by atoms with Gasteiger partial charge in [-0.05, 0) is 30.3 Å². The maximum atomic E-state index is 13.6. The average Bonchev–Trinajstić information content (AvgIpc) is 2.46. The molecule has 2 aromatic carbocycles. The molecular weight excluding hydrogens is 284 g/mol. The summed E-state index contributed by atoms with van der Waals surface area (Å²) in [6.45, 7) is 0. The molecule has 1 amide bonds. The van der Waals surface area contributed by atoms with Gasteiger partial charge in [0.1, 0.15) is 11.6 Å². The van der Waals surface area contributed by atoms with Crippen LogP contribution in [0, 0.1) is 21.7 Å². The first kappa shape index (κ1) is 14.4. The second-order valence-corrected chi connectivity index (χ2v) is 3.98. The number of hydrazine groups is 1. The smallest absolute Gasteiger partial charge is 0.285 e. The van der Waals surface area contributed by atoms with Gasteiger partial charge in [0.25, 0.3) is 11.6 Å². The number of carbonyl (C=O) groups is 1. The van der Waals surface area contributed by atoms with Gasteiger partial charge in [0.2, 0.25) is 0 Å². The first-order chi connectivity index (χ1) is 9.99. The Balaban J connectivity index is 2.17. The van der Waals surface area contributed by atoms with Gasteiger partial charge in [0, 0.05) is 6.07 Å². The van der Waals surface area contributed by atoms with Gasteiger partial charge in [-0.25, -0.2) is 8.78 Å². The highest BCUT2D eigenvalue weighted by Gasteiger charge is 2.24. The van der Waals surface area contributed by atoms with E-state index in [9.17, 15) is 23.7 Å². The van der Waals surface area contributed by atoms with Crippen molar-refractivity contribution in [1.29, 1.82) is 0 Å². The lowest BCUT2D eigenvalue weighted by atomic mass is 10.1. The van der Waals surface area contributed by atoms with Gasteiger partial charge in [-0.2, -0.15) is 0 Å². The van der Waals surface area contributed by atoms with Gasteiger partial charge in [-0.3, -0.25) is 25.8 Å². The third-order valence-corrected chi connectivity index (χ3v) is 2.58. The quantitative estimate of drug-likeness (QED) is 0.670. The number of carbonyl (C=O) groups excluding carboxylic acids is 1. The molecule has 21 heavy (non-hydrogen) atoms. The lowest BCUT2D eigenvalue weighted by Gasteiger charge is -2.09. The summed E-state index contributed by atoms with van der Waals surface area (Å²) in [5, 5.41) is 10.8. The molecule has 0 bridgehead atoms. The molecule has 2 rings (SSSR count). The van der Waals surface area contributed by atoms with Crippen LogP contribution in [0.25, 0.3) is 0 Å². The van der Waals surface area contributed by atoms with E-state index in [-0.39, 0.29) is 0 Å². The minimum atomic E-state index is -1.01. The van der Waals surface area contributed by atoms with Crippen LogP contribution >= 0.6 is 0 Å². The summed E-state index contributed by atoms with van der Waals surface area (Å²) in [5.41, 5.74) is 3.53. The number of nitrogens with one attached hydrogen (secondary N) is 2. The maximum absolute atomic E-state index is 13.6. The van der Waals surface area contributed by atoms with Gasteiger partial charge in [0.15, 0.2) is 5.56 Å². The fourth-order valence-electron chi connectivity index (χ4n) is 1.61. The first-order valence-electron chi connectivity index (χ1n) is 5.74. The maximum Gasteiger partial charge on any atom is 0.285 e. The van der Waals surface area contributed by atoms with E-state index < -0.39 is 33.7 Å². The van der Waals surface area contributed by atoms with E-state index >= 15 is 0 Å².